The number of alkyl halides is 1. The number of aliphatic hydroxyl groups excluding tert-OH is 1. The Morgan fingerprint density at radius 3 is 2.59 bits per heavy atom. The van der Waals surface area contributed by atoms with E-state index < -0.39 is 11.6 Å². The molecule has 4 rings (SSSR count). The molecule has 4 saturated carbocycles. The summed E-state index contributed by atoms with van der Waals surface area (Å²) in [6.45, 7) is 4.46. The highest BCUT2D eigenvalue weighted by atomic mass is 19.1. The van der Waals surface area contributed by atoms with Crippen molar-refractivity contribution < 1.29 is 14.3 Å². The number of carbonyl (C=O) groups is 1. The minimum absolute atomic E-state index is 0.109. The lowest BCUT2D eigenvalue weighted by molar-refractivity contribution is -0.143. The molecule has 0 aliphatic heterocycles. The highest BCUT2D eigenvalue weighted by Crippen LogP contribution is 2.65. The zero-order valence-corrected chi connectivity index (χ0v) is 13.9. The van der Waals surface area contributed by atoms with Crippen LogP contribution in [0.4, 0.5) is 4.39 Å². The molecule has 2 unspecified atom stereocenters. The lowest BCUT2D eigenvalue weighted by atomic mass is 9.45. The van der Waals surface area contributed by atoms with Gasteiger partial charge in [-0.1, -0.05) is 13.8 Å². The molecule has 0 aromatic carbocycles. The standard InChI is InChI=1S/C19H29FO2/c1-18-7-5-12(21)9-11(18)3-4-13-14(18)6-8-19(2)15(13)10-16(20)17(19)22/h11-16,21H,3-10H2,1-2H3/t11?,12-,13+,14-,15-,16?,18-,19-/m0/s1. The SMILES string of the molecule is C[C@]12CC[C@H](O)CC1CC[C@@H]1[C@@H]2CC[C@]2(C)C(=O)C(F)C[C@@H]12. The minimum atomic E-state index is -1.22. The fraction of sp³-hybridized carbons (Fsp3) is 0.947. The molecule has 8 atom stereocenters. The minimum Gasteiger partial charge on any atom is -0.393 e. The smallest absolute Gasteiger partial charge is 0.173 e. The Labute approximate surface area is 132 Å². The van der Waals surface area contributed by atoms with Crippen molar-refractivity contribution in [2.24, 2.45) is 34.5 Å². The van der Waals surface area contributed by atoms with Gasteiger partial charge in [0.2, 0.25) is 0 Å². The van der Waals surface area contributed by atoms with Crippen LogP contribution < -0.4 is 0 Å². The second kappa shape index (κ2) is 4.78. The van der Waals surface area contributed by atoms with Gasteiger partial charge in [-0.05, 0) is 80.5 Å². The maximum Gasteiger partial charge on any atom is 0.173 e. The monoisotopic (exact) mass is 308 g/mol. The number of aliphatic hydroxyl groups is 1. The van der Waals surface area contributed by atoms with Crippen molar-refractivity contribution in [1.82, 2.24) is 0 Å². The van der Waals surface area contributed by atoms with Crippen LogP contribution in [-0.2, 0) is 4.79 Å². The van der Waals surface area contributed by atoms with E-state index in [1.807, 2.05) is 6.92 Å². The first-order valence-electron chi connectivity index (χ1n) is 9.23. The number of halogens is 1. The highest BCUT2D eigenvalue weighted by Gasteiger charge is 2.62. The Kier molecular flexibility index (Phi) is 3.28. The molecular weight excluding hydrogens is 279 g/mol. The van der Waals surface area contributed by atoms with Crippen molar-refractivity contribution in [3.05, 3.63) is 0 Å². The van der Waals surface area contributed by atoms with Crippen LogP contribution in [0.3, 0.4) is 0 Å². The summed E-state index contributed by atoms with van der Waals surface area (Å²) in [7, 11) is 0. The summed E-state index contributed by atoms with van der Waals surface area (Å²) in [6.07, 6.45) is 6.37. The van der Waals surface area contributed by atoms with Gasteiger partial charge in [-0.2, -0.15) is 0 Å². The van der Waals surface area contributed by atoms with Crippen LogP contribution in [0.2, 0.25) is 0 Å². The molecule has 2 nitrogen and oxygen atoms in total. The van der Waals surface area contributed by atoms with Crippen LogP contribution in [0.1, 0.15) is 65.2 Å². The van der Waals surface area contributed by atoms with E-state index in [1.54, 1.807) is 0 Å². The number of hydrogen-bond acceptors (Lipinski definition) is 2. The van der Waals surface area contributed by atoms with E-state index in [0.29, 0.717) is 29.6 Å². The molecule has 124 valence electrons. The molecular formula is C19H29FO2. The van der Waals surface area contributed by atoms with Crippen molar-refractivity contribution >= 4 is 5.78 Å². The third-order valence-corrected chi connectivity index (χ3v) is 8.34. The molecule has 0 spiro atoms. The predicted octanol–water partition coefficient (Wildman–Crippen LogP) is 3.91. The normalized spacial score (nSPS) is 57.9. The van der Waals surface area contributed by atoms with E-state index in [0.717, 1.165) is 44.9 Å². The second-order valence-electron chi connectivity index (χ2n) is 9.11. The van der Waals surface area contributed by atoms with Crippen LogP contribution in [0.5, 0.6) is 0 Å². The zero-order valence-electron chi connectivity index (χ0n) is 13.9. The summed E-state index contributed by atoms with van der Waals surface area (Å²) in [6, 6.07) is 0. The lowest BCUT2D eigenvalue weighted by Crippen LogP contribution is -2.54. The van der Waals surface area contributed by atoms with Crippen molar-refractivity contribution in [2.45, 2.75) is 77.5 Å². The molecule has 0 bridgehead atoms. The van der Waals surface area contributed by atoms with Gasteiger partial charge in [0.05, 0.1) is 6.10 Å². The third kappa shape index (κ3) is 1.84. The van der Waals surface area contributed by atoms with E-state index in [4.69, 9.17) is 0 Å². The van der Waals surface area contributed by atoms with Crippen molar-refractivity contribution in [1.29, 1.82) is 0 Å². The summed E-state index contributed by atoms with van der Waals surface area (Å²) in [5.74, 6) is 1.94. The average molecular weight is 308 g/mol. The Morgan fingerprint density at radius 2 is 1.82 bits per heavy atom. The van der Waals surface area contributed by atoms with Gasteiger partial charge >= 0.3 is 0 Å². The molecule has 0 aromatic rings. The Balaban J connectivity index is 1.64. The number of Topliss-reactive ketones (excluding diaryl/α,β-unsaturated/α-hetero) is 1. The number of carbonyl (C=O) groups excluding carboxylic acids is 1. The fourth-order valence-electron chi connectivity index (χ4n) is 6.98. The quantitative estimate of drug-likeness (QED) is 0.737. The maximum absolute atomic E-state index is 14.1. The van der Waals surface area contributed by atoms with E-state index in [9.17, 15) is 14.3 Å². The molecule has 0 saturated heterocycles. The first kappa shape index (κ1) is 15.1. The molecule has 4 aliphatic rings. The summed E-state index contributed by atoms with van der Waals surface area (Å²) >= 11 is 0. The maximum atomic E-state index is 14.1. The molecule has 3 heteroatoms. The van der Waals surface area contributed by atoms with Gasteiger partial charge in [0, 0.05) is 5.41 Å². The molecule has 4 aliphatic carbocycles. The lowest BCUT2D eigenvalue weighted by Gasteiger charge is -2.59. The summed E-state index contributed by atoms with van der Waals surface area (Å²) in [5.41, 5.74) is -0.0844. The topological polar surface area (TPSA) is 37.3 Å². The molecule has 0 radical (unpaired) electrons. The molecule has 1 N–H and O–H groups in total. The van der Waals surface area contributed by atoms with Crippen molar-refractivity contribution in [3.63, 3.8) is 0 Å². The van der Waals surface area contributed by atoms with Gasteiger partial charge in [0.15, 0.2) is 12.0 Å². The van der Waals surface area contributed by atoms with Gasteiger partial charge in [0.25, 0.3) is 0 Å². The number of ketones is 1. The molecule has 0 amide bonds. The highest BCUT2D eigenvalue weighted by molar-refractivity contribution is 5.91. The van der Waals surface area contributed by atoms with Crippen LogP contribution in [0.25, 0.3) is 0 Å². The van der Waals surface area contributed by atoms with Crippen LogP contribution >= 0.6 is 0 Å². The summed E-state index contributed by atoms with van der Waals surface area (Å²) < 4.78 is 14.1. The zero-order chi connectivity index (χ0) is 15.7. The largest absolute Gasteiger partial charge is 0.393 e. The van der Waals surface area contributed by atoms with Gasteiger partial charge in [-0.3, -0.25) is 4.79 Å². The number of rotatable bonds is 0. The van der Waals surface area contributed by atoms with E-state index in [1.165, 1.54) is 0 Å². The number of fused-ring (bicyclic) bond motifs is 5. The van der Waals surface area contributed by atoms with Gasteiger partial charge in [0.1, 0.15) is 0 Å². The third-order valence-electron chi connectivity index (χ3n) is 8.34. The van der Waals surface area contributed by atoms with Crippen molar-refractivity contribution in [2.75, 3.05) is 0 Å². The Bertz CT molecular complexity index is 492. The predicted molar refractivity (Wildman–Crippen MR) is 83.0 cm³/mol. The van der Waals surface area contributed by atoms with E-state index in [-0.39, 0.29) is 17.8 Å². The Morgan fingerprint density at radius 1 is 1.05 bits per heavy atom. The summed E-state index contributed by atoms with van der Waals surface area (Å²) in [4.78, 5) is 12.3. The van der Waals surface area contributed by atoms with Crippen LogP contribution in [0.15, 0.2) is 0 Å². The first-order valence-corrected chi connectivity index (χ1v) is 9.23. The average Bonchev–Trinajstić information content (AvgIpc) is 2.72. The first-order chi connectivity index (χ1) is 10.4. The van der Waals surface area contributed by atoms with E-state index in [2.05, 4.69) is 6.92 Å². The molecule has 0 heterocycles. The Hall–Kier alpha value is -0.440. The molecule has 0 aromatic heterocycles. The van der Waals surface area contributed by atoms with Gasteiger partial charge < -0.3 is 5.11 Å². The van der Waals surface area contributed by atoms with Gasteiger partial charge in [-0.15, -0.1) is 0 Å². The van der Waals surface area contributed by atoms with Crippen LogP contribution in [-0.4, -0.2) is 23.2 Å². The summed E-state index contributed by atoms with van der Waals surface area (Å²) in [5, 5.41) is 10.0. The number of hydrogen-bond donors (Lipinski definition) is 1. The van der Waals surface area contributed by atoms with E-state index >= 15 is 0 Å². The second-order valence-corrected chi connectivity index (χ2v) is 9.11. The molecule has 4 fully saturated rings. The fourth-order valence-corrected chi connectivity index (χ4v) is 6.98. The van der Waals surface area contributed by atoms with Crippen LogP contribution in [0, 0.1) is 34.5 Å². The van der Waals surface area contributed by atoms with Gasteiger partial charge in [-0.25, -0.2) is 4.39 Å². The van der Waals surface area contributed by atoms with Crippen molar-refractivity contribution in [3.8, 4) is 0 Å². The molecule has 22 heavy (non-hydrogen) atoms.